The lowest BCUT2D eigenvalue weighted by Crippen LogP contribution is -2.31. The maximum absolute atomic E-state index is 13.6. The third-order valence-corrected chi connectivity index (χ3v) is 6.50. The van der Waals surface area contributed by atoms with Gasteiger partial charge in [-0.05, 0) is 46.5 Å². The van der Waals surface area contributed by atoms with Gasteiger partial charge in [-0.3, -0.25) is 4.79 Å². The molecule has 0 aliphatic carbocycles. The summed E-state index contributed by atoms with van der Waals surface area (Å²) in [5.74, 6) is 0.695. The van der Waals surface area contributed by atoms with E-state index in [2.05, 4.69) is 20.5 Å². The Hall–Kier alpha value is -4.12. The first kappa shape index (κ1) is 22.7. The van der Waals surface area contributed by atoms with Gasteiger partial charge in [0.2, 0.25) is 5.82 Å². The molecule has 5 rings (SSSR count). The molecule has 0 N–H and O–H groups in total. The Balaban J connectivity index is 1.42. The summed E-state index contributed by atoms with van der Waals surface area (Å²) in [7, 11) is 3.14. The van der Waals surface area contributed by atoms with Gasteiger partial charge in [0, 0.05) is 12.0 Å². The predicted octanol–water partition coefficient (Wildman–Crippen LogP) is 3.94. The maximum atomic E-state index is 13.6. The lowest BCUT2D eigenvalue weighted by molar-refractivity contribution is -0.134. The van der Waals surface area contributed by atoms with Crippen LogP contribution in [-0.2, 0) is 11.3 Å². The van der Waals surface area contributed by atoms with E-state index in [0.717, 1.165) is 16.2 Å². The van der Waals surface area contributed by atoms with Crippen molar-refractivity contribution in [3.8, 4) is 22.9 Å². The smallest absolute Gasteiger partial charge is 0.266 e. The molecule has 1 amide bonds. The van der Waals surface area contributed by atoms with E-state index in [9.17, 15) is 9.18 Å². The number of ether oxygens (including phenoxy) is 2. The fraction of sp³-hybridized carbons (Fsp3) is 0.208. The van der Waals surface area contributed by atoms with Crippen LogP contribution in [0.15, 0.2) is 65.1 Å². The summed E-state index contributed by atoms with van der Waals surface area (Å²) in [4.78, 5) is 15.6. The number of aromatic nitrogens is 4. The molecule has 0 fully saturated rings. The van der Waals surface area contributed by atoms with Crippen LogP contribution >= 0.6 is 11.3 Å². The minimum atomic E-state index is -0.403. The summed E-state index contributed by atoms with van der Waals surface area (Å²) < 4.78 is 24.4. The molecule has 2 aromatic carbocycles. The average molecular weight is 493 g/mol. The van der Waals surface area contributed by atoms with Gasteiger partial charge in [0.1, 0.15) is 12.4 Å². The van der Waals surface area contributed by atoms with E-state index in [1.54, 1.807) is 37.7 Å². The molecular formula is C24H21FN6O3S. The normalized spacial score (nSPS) is 15.2. The van der Waals surface area contributed by atoms with Gasteiger partial charge in [-0.15, -0.1) is 21.5 Å². The number of rotatable bonds is 7. The fourth-order valence-corrected chi connectivity index (χ4v) is 4.62. The minimum Gasteiger partial charge on any atom is -0.493 e. The first-order valence-electron chi connectivity index (χ1n) is 10.7. The molecule has 0 bridgehead atoms. The van der Waals surface area contributed by atoms with E-state index in [1.807, 2.05) is 35.7 Å². The molecule has 4 aromatic rings. The third kappa shape index (κ3) is 4.62. The SMILES string of the molecule is COc1ccc([C@H]2CC(c3cccs3)=NN2C(=O)Cn2nnc(-c3cccc(F)c3)n2)cc1OC. The van der Waals surface area contributed by atoms with Crippen molar-refractivity contribution >= 4 is 23.0 Å². The van der Waals surface area contributed by atoms with Crippen molar-refractivity contribution in [2.45, 2.75) is 19.0 Å². The molecule has 178 valence electrons. The summed E-state index contributed by atoms with van der Waals surface area (Å²) in [6.07, 6.45) is 0.543. The molecule has 0 unspecified atom stereocenters. The van der Waals surface area contributed by atoms with Crippen molar-refractivity contribution in [1.82, 2.24) is 25.2 Å². The van der Waals surface area contributed by atoms with Gasteiger partial charge >= 0.3 is 0 Å². The summed E-state index contributed by atoms with van der Waals surface area (Å²) in [5, 5.41) is 20.3. The molecule has 9 nitrogen and oxygen atoms in total. The van der Waals surface area contributed by atoms with E-state index in [0.29, 0.717) is 23.5 Å². The number of carbonyl (C=O) groups excluding carboxylic acids is 1. The van der Waals surface area contributed by atoms with Crippen molar-refractivity contribution in [2.24, 2.45) is 5.10 Å². The Kier molecular flexibility index (Phi) is 6.23. The minimum absolute atomic E-state index is 0.173. The van der Waals surface area contributed by atoms with E-state index >= 15 is 0 Å². The van der Waals surface area contributed by atoms with Crippen molar-refractivity contribution in [1.29, 1.82) is 0 Å². The number of hydrogen-bond acceptors (Lipinski definition) is 8. The van der Waals surface area contributed by atoms with E-state index in [-0.39, 0.29) is 24.3 Å². The number of benzene rings is 2. The van der Waals surface area contributed by atoms with Crippen molar-refractivity contribution < 1.29 is 18.7 Å². The number of hydrogen-bond donors (Lipinski definition) is 0. The highest BCUT2D eigenvalue weighted by atomic mass is 32.1. The Bertz CT molecular complexity index is 1390. The summed E-state index contributed by atoms with van der Waals surface area (Å²) in [6.45, 7) is -0.173. The zero-order valence-electron chi connectivity index (χ0n) is 19.0. The van der Waals surface area contributed by atoms with Gasteiger partial charge in [0.15, 0.2) is 11.5 Å². The van der Waals surface area contributed by atoms with Crippen LogP contribution in [0.2, 0.25) is 0 Å². The number of methoxy groups -OCH3 is 2. The monoisotopic (exact) mass is 492 g/mol. The number of amides is 1. The highest BCUT2D eigenvalue weighted by Crippen LogP contribution is 2.38. The van der Waals surface area contributed by atoms with Gasteiger partial charge < -0.3 is 9.47 Å². The topological polar surface area (TPSA) is 94.7 Å². The average Bonchev–Trinajstić information content (AvgIpc) is 3.64. The first-order valence-corrected chi connectivity index (χ1v) is 11.6. The molecule has 35 heavy (non-hydrogen) atoms. The van der Waals surface area contributed by atoms with E-state index in [1.165, 1.54) is 21.9 Å². The molecule has 1 aliphatic rings. The summed E-state index contributed by atoms with van der Waals surface area (Å²) in [5.41, 5.74) is 2.16. The Labute approximate surface area is 204 Å². The van der Waals surface area contributed by atoms with Gasteiger partial charge in [-0.2, -0.15) is 9.90 Å². The predicted molar refractivity (Wildman–Crippen MR) is 128 cm³/mol. The highest BCUT2D eigenvalue weighted by molar-refractivity contribution is 7.12. The van der Waals surface area contributed by atoms with Crippen LogP contribution < -0.4 is 9.47 Å². The largest absolute Gasteiger partial charge is 0.493 e. The molecular weight excluding hydrogens is 471 g/mol. The zero-order valence-corrected chi connectivity index (χ0v) is 19.8. The molecule has 0 saturated heterocycles. The van der Waals surface area contributed by atoms with Crippen LogP contribution in [0.3, 0.4) is 0 Å². The van der Waals surface area contributed by atoms with Crippen molar-refractivity contribution in [3.05, 3.63) is 76.2 Å². The Morgan fingerprint density at radius 2 is 1.97 bits per heavy atom. The fourth-order valence-electron chi connectivity index (χ4n) is 3.90. The second kappa shape index (κ2) is 9.63. The lowest BCUT2D eigenvalue weighted by Gasteiger charge is -2.22. The molecule has 0 radical (unpaired) electrons. The van der Waals surface area contributed by atoms with E-state index < -0.39 is 5.82 Å². The maximum Gasteiger partial charge on any atom is 0.266 e. The first-order chi connectivity index (χ1) is 17.1. The van der Waals surface area contributed by atoms with Gasteiger partial charge in [-0.1, -0.05) is 24.3 Å². The molecule has 2 aromatic heterocycles. The number of nitrogens with zero attached hydrogens (tertiary/aromatic N) is 6. The number of halogens is 1. The highest BCUT2D eigenvalue weighted by Gasteiger charge is 2.34. The Morgan fingerprint density at radius 3 is 2.71 bits per heavy atom. The standard InChI is InChI=1S/C24H21FN6O3S/c1-33-20-9-8-15(12-21(20)34-2)19-13-18(22-7-4-10-35-22)27-31(19)23(32)14-30-28-24(26-29-30)16-5-3-6-17(25)11-16/h3-12,19H,13-14H2,1-2H3/t19-/m1/s1. The van der Waals surface area contributed by atoms with Gasteiger partial charge in [-0.25, -0.2) is 9.40 Å². The molecule has 3 heterocycles. The quantitative estimate of drug-likeness (QED) is 0.388. The van der Waals surface area contributed by atoms with Crippen LogP contribution in [0.1, 0.15) is 22.9 Å². The van der Waals surface area contributed by atoms with E-state index in [4.69, 9.17) is 9.47 Å². The summed E-state index contributed by atoms with van der Waals surface area (Å²) >= 11 is 1.57. The van der Waals surface area contributed by atoms with Crippen LogP contribution in [0, 0.1) is 5.82 Å². The number of tetrazole rings is 1. The van der Waals surface area contributed by atoms with Crippen LogP contribution in [-0.4, -0.2) is 51.1 Å². The van der Waals surface area contributed by atoms with Crippen molar-refractivity contribution in [2.75, 3.05) is 14.2 Å². The second-order valence-electron chi connectivity index (χ2n) is 7.75. The molecule has 11 heteroatoms. The number of thiophene rings is 1. The number of carbonyl (C=O) groups is 1. The van der Waals surface area contributed by atoms with Crippen molar-refractivity contribution in [3.63, 3.8) is 0 Å². The Morgan fingerprint density at radius 1 is 1.11 bits per heavy atom. The van der Waals surface area contributed by atoms with Crippen LogP contribution in [0.5, 0.6) is 11.5 Å². The lowest BCUT2D eigenvalue weighted by atomic mass is 10.0. The zero-order chi connectivity index (χ0) is 24.4. The van der Waals surface area contributed by atoms with Crippen LogP contribution in [0.4, 0.5) is 4.39 Å². The molecule has 0 spiro atoms. The van der Waals surface area contributed by atoms with Crippen LogP contribution in [0.25, 0.3) is 11.4 Å². The molecule has 1 atom stereocenters. The number of hydrazone groups is 1. The summed E-state index contributed by atoms with van der Waals surface area (Å²) in [6, 6.07) is 15.0. The third-order valence-electron chi connectivity index (χ3n) is 5.58. The molecule has 0 saturated carbocycles. The second-order valence-corrected chi connectivity index (χ2v) is 8.70. The molecule has 1 aliphatic heterocycles. The van der Waals surface area contributed by atoms with Gasteiger partial charge in [0.25, 0.3) is 5.91 Å². The van der Waals surface area contributed by atoms with Gasteiger partial charge in [0.05, 0.1) is 30.9 Å².